The molecule has 1 fully saturated rings. The van der Waals surface area contributed by atoms with E-state index < -0.39 is 5.82 Å². The highest BCUT2D eigenvalue weighted by Crippen LogP contribution is 2.15. The Morgan fingerprint density at radius 3 is 2.46 bits per heavy atom. The fourth-order valence-electron chi connectivity index (χ4n) is 2.79. The first-order valence-corrected chi connectivity index (χ1v) is 8.29. The third-order valence-corrected chi connectivity index (χ3v) is 4.11. The minimum Gasteiger partial charge on any atom is -0.325 e. The van der Waals surface area contributed by atoms with Gasteiger partial charge in [-0.25, -0.2) is 4.39 Å². The van der Waals surface area contributed by atoms with E-state index in [1.54, 1.807) is 36.4 Å². The van der Waals surface area contributed by atoms with Gasteiger partial charge in [0, 0.05) is 5.69 Å². The van der Waals surface area contributed by atoms with Crippen molar-refractivity contribution >= 4 is 35.6 Å². The molecule has 0 bridgehead atoms. The Morgan fingerprint density at radius 1 is 1.08 bits per heavy atom. The highest BCUT2D eigenvalue weighted by molar-refractivity contribution is 5.95. The van der Waals surface area contributed by atoms with E-state index >= 15 is 0 Å². The summed E-state index contributed by atoms with van der Waals surface area (Å²) in [5, 5.41) is 8.56. The molecule has 2 aromatic carbocycles. The number of hydrogen-bond donors (Lipinski definition) is 3. The van der Waals surface area contributed by atoms with Gasteiger partial charge in [0.15, 0.2) is 0 Å². The van der Waals surface area contributed by atoms with Crippen molar-refractivity contribution in [3.05, 3.63) is 59.9 Å². The van der Waals surface area contributed by atoms with E-state index in [1.165, 1.54) is 12.1 Å². The summed E-state index contributed by atoms with van der Waals surface area (Å²) in [5.74, 6) is -0.797. The van der Waals surface area contributed by atoms with Crippen LogP contribution in [0, 0.1) is 5.82 Å². The molecule has 0 spiro atoms. The maximum Gasteiger partial charge on any atom is 0.241 e. The zero-order chi connectivity index (χ0) is 17.6. The Bertz CT molecular complexity index is 762. The van der Waals surface area contributed by atoms with Crippen LogP contribution in [0.25, 0.3) is 0 Å². The van der Waals surface area contributed by atoms with Crippen molar-refractivity contribution in [2.75, 3.05) is 17.2 Å². The van der Waals surface area contributed by atoms with E-state index in [0.29, 0.717) is 5.69 Å². The van der Waals surface area contributed by atoms with Crippen LogP contribution in [0.3, 0.4) is 0 Å². The number of hydrogen-bond acceptors (Lipinski definition) is 3. The Balaban J connectivity index is 0.00000243. The van der Waals surface area contributed by atoms with E-state index in [0.717, 1.165) is 24.9 Å². The van der Waals surface area contributed by atoms with Crippen LogP contribution >= 0.6 is 12.4 Å². The van der Waals surface area contributed by atoms with Crippen LogP contribution in [0.1, 0.15) is 18.4 Å². The largest absolute Gasteiger partial charge is 0.325 e. The van der Waals surface area contributed by atoms with Gasteiger partial charge >= 0.3 is 0 Å². The predicted molar refractivity (Wildman–Crippen MR) is 102 cm³/mol. The van der Waals surface area contributed by atoms with E-state index in [9.17, 15) is 14.0 Å². The van der Waals surface area contributed by atoms with E-state index in [-0.39, 0.29) is 42.4 Å². The number of amides is 2. The molecule has 1 unspecified atom stereocenters. The summed E-state index contributed by atoms with van der Waals surface area (Å²) in [5.41, 5.74) is 1.64. The van der Waals surface area contributed by atoms with Crippen LogP contribution in [0.5, 0.6) is 0 Å². The molecule has 0 aromatic heterocycles. The number of anilines is 2. The smallest absolute Gasteiger partial charge is 0.241 e. The van der Waals surface area contributed by atoms with Gasteiger partial charge in [0.25, 0.3) is 0 Å². The molecule has 1 aliphatic heterocycles. The van der Waals surface area contributed by atoms with Gasteiger partial charge in [-0.3, -0.25) is 9.59 Å². The van der Waals surface area contributed by atoms with Crippen molar-refractivity contribution in [1.82, 2.24) is 5.32 Å². The standard InChI is InChI=1S/C19H20FN3O2.ClH/c20-15-4-1-2-5-16(15)23-18(24)12-13-7-9-14(10-8-13)22-19(25)17-6-3-11-21-17;/h1-2,4-5,7-10,17,21H,3,6,11-12H2,(H,22,25)(H,23,24);1H. The van der Waals surface area contributed by atoms with Gasteiger partial charge in [-0.05, 0) is 49.2 Å². The molecule has 0 saturated carbocycles. The highest BCUT2D eigenvalue weighted by Gasteiger charge is 2.21. The topological polar surface area (TPSA) is 70.2 Å². The molecule has 26 heavy (non-hydrogen) atoms. The average Bonchev–Trinajstić information content (AvgIpc) is 3.13. The lowest BCUT2D eigenvalue weighted by Crippen LogP contribution is -2.35. The maximum atomic E-state index is 13.5. The maximum absolute atomic E-state index is 13.5. The second kappa shape index (κ2) is 9.31. The van der Waals surface area contributed by atoms with Crippen LogP contribution in [0.4, 0.5) is 15.8 Å². The van der Waals surface area contributed by atoms with Crippen molar-refractivity contribution in [1.29, 1.82) is 0 Å². The van der Waals surface area contributed by atoms with Crippen LogP contribution in [0.15, 0.2) is 48.5 Å². The van der Waals surface area contributed by atoms with Crippen molar-refractivity contribution in [3.63, 3.8) is 0 Å². The first-order chi connectivity index (χ1) is 12.1. The quantitative estimate of drug-likeness (QED) is 0.749. The third-order valence-electron chi connectivity index (χ3n) is 4.11. The normalized spacial score (nSPS) is 15.8. The Morgan fingerprint density at radius 2 is 1.81 bits per heavy atom. The lowest BCUT2D eigenvalue weighted by molar-refractivity contribution is -0.118. The second-order valence-corrected chi connectivity index (χ2v) is 6.04. The molecule has 2 aromatic rings. The number of carbonyl (C=O) groups is 2. The summed E-state index contributed by atoms with van der Waals surface area (Å²) < 4.78 is 13.5. The molecule has 1 aliphatic rings. The molecule has 7 heteroatoms. The summed E-state index contributed by atoms with van der Waals surface area (Å²) >= 11 is 0. The Labute approximate surface area is 157 Å². The zero-order valence-electron chi connectivity index (χ0n) is 14.1. The van der Waals surface area contributed by atoms with Crippen molar-refractivity contribution in [2.45, 2.75) is 25.3 Å². The molecule has 1 heterocycles. The zero-order valence-corrected chi connectivity index (χ0v) is 14.9. The van der Waals surface area contributed by atoms with E-state index in [4.69, 9.17) is 0 Å². The summed E-state index contributed by atoms with van der Waals surface area (Å²) in [6.45, 7) is 0.869. The highest BCUT2D eigenvalue weighted by atomic mass is 35.5. The Kier molecular flexibility index (Phi) is 7.12. The molecule has 138 valence electrons. The number of carbonyl (C=O) groups excluding carboxylic acids is 2. The summed E-state index contributed by atoms with van der Waals surface area (Å²) in [6.07, 6.45) is 1.99. The monoisotopic (exact) mass is 377 g/mol. The fourth-order valence-corrected chi connectivity index (χ4v) is 2.79. The van der Waals surface area contributed by atoms with Crippen LogP contribution in [0.2, 0.25) is 0 Å². The molecule has 1 atom stereocenters. The molecule has 2 amide bonds. The number of benzene rings is 2. The molecule has 1 saturated heterocycles. The van der Waals surface area contributed by atoms with Crippen LogP contribution in [-0.2, 0) is 16.0 Å². The summed E-state index contributed by atoms with van der Waals surface area (Å²) in [6, 6.07) is 13.0. The molecule has 0 radical (unpaired) electrons. The van der Waals surface area contributed by atoms with Crippen LogP contribution in [-0.4, -0.2) is 24.4 Å². The minimum absolute atomic E-state index is 0. The number of nitrogens with one attached hydrogen (secondary N) is 3. The number of rotatable bonds is 5. The summed E-state index contributed by atoms with van der Waals surface area (Å²) in [4.78, 5) is 24.1. The third kappa shape index (κ3) is 5.28. The van der Waals surface area contributed by atoms with Crippen molar-refractivity contribution in [2.24, 2.45) is 0 Å². The van der Waals surface area contributed by atoms with Crippen molar-refractivity contribution < 1.29 is 14.0 Å². The van der Waals surface area contributed by atoms with Gasteiger partial charge in [-0.1, -0.05) is 24.3 Å². The summed E-state index contributed by atoms with van der Waals surface area (Å²) in [7, 11) is 0. The first kappa shape index (κ1) is 19.9. The van der Waals surface area contributed by atoms with Gasteiger partial charge in [0.1, 0.15) is 5.82 Å². The van der Waals surface area contributed by atoms with Gasteiger partial charge in [-0.15, -0.1) is 12.4 Å². The first-order valence-electron chi connectivity index (χ1n) is 8.29. The molecular weight excluding hydrogens is 357 g/mol. The molecule has 3 N–H and O–H groups in total. The lowest BCUT2D eigenvalue weighted by atomic mass is 10.1. The van der Waals surface area contributed by atoms with Gasteiger partial charge in [0.05, 0.1) is 18.2 Å². The van der Waals surface area contributed by atoms with Gasteiger partial charge in [0.2, 0.25) is 11.8 Å². The molecule has 5 nitrogen and oxygen atoms in total. The minimum atomic E-state index is -0.463. The number of para-hydroxylation sites is 1. The van der Waals surface area contributed by atoms with Crippen molar-refractivity contribution in [3.8, 4) is 0 Å². The van der Waals surface area contributed by atoms with Crippen LogP contribution < -0.4 is 16.0 Å². The van der Waals surface area contributed by atoms with E-state index in [1.807, 2.05) is 0 Å². The van der Waals surface area contributed by atoms with Gasteiger partial charge < -0.3 is 16.0 Å². The number of halogens is 2. The van der Waals surface area contributed by atoms with E-state index in [2.05, 4.69) is 16.0 Å². The average molecular weight is 378 g/mol. The fraction of sp³-hybridized carbons (Fsp3) is 0.263. The molecule has 0 aliphatic carbocycles. The predicted octanol–water partition coefficient (Wildman–Crippen LogP) is 3.12. The second-order valence-electron chi connectivity index (χ2n) is 6.04. The van der Waals surface area contributed by atoms with Gasteiger partial charge in [-0.2, -0.15) is 0 Å². The Hall–Kier alpha value is -2.44. The SMILES string of the molecule is Cl.O=C(Cc1ccc(NC(=O)C2CCCN2)cc1)Nc1ccccc1F. The molecule has 3 rings (SSSR count). The lowest BCUT2D eigenvalue weighted by Gasteiger charge is -2.11. The molecular formula is C19H21ClFN3O2.